The summed E-state index contributed by atoms with van der Waals surface area (Å²) < 4.78 is 40.6. The molecule has 9 heteroatoms. The summed E-state index contributed by atoms with van der Waals surface area (Å²) in [7, 11) is 0. The van der Waals surface area contributed by atoms with Gasteiger partial charge < -0.3 is 14.8 Å². The number of nitrogens with one attached hydrogen (secondary N) is 1. The number of pyridine rings is 1. The Hall–Kier alpha value is -3.88. The number of amides is 2. The number of carbonyl (C=O) groups is 2. The van der Waals surface area contributed by atoms with E-state index in [1.54, 1.807) is 41.4 Å². The van der Waals surface area contributed by atoms with E-state index in [0.29, 0.717) is 22.0 Å². The summed E-state index contributed by atoms with van der Waals surface area (Å²) in [6.07, 6.45) is -1.26. The summed E-state index contributed by atoms with van der Waals surface area (Å²) in [6.45, 7) is 0.353. The van der Waals surface area contributed by atoms with Crippen LogP contribution in [0.15, 0.2) is 67.0 Å². The van der Waals surface area contributed by atoms with Crippen LogP contribution in [-0.4, -0.2) is 56.9 Å². The highest BCUT2D eigenvalue weighted by atomic mass is 19.4. The van der Waals surface area contributed by atoms with Crippen LogP contribution in [0.25, 0.3) is 21.8 Å². The van der Waals surface area contributed by atoms with Crippen molar-refractivity contribution in [2.75, 3.05) is 13.1 Å². The molecule has 0 atom stereocenters. The third-order valence-electron chi connectivity index (χ3n) is 6.60. The third-order valence-corrected chi connectivity index (χ3v) is 6.60. The zero-order chi connectivity index (χ0) is 24.6. The number of fused-ring (bicyclic) bond motifs is 2. The van der Waals surface area contributed by atoms with Crippen LogP contribution in [0.1, 0.15) is 28.8 Å². The average Bonchev–Trinajstić information content (AvgIpc) is 3.30. The standard InChI is InChI=1S/C26H23F3N4O2/c27-26(28,29)25(35)33(16-17-9-12-30-22-7-3-1-5-19(17)22)18-10-13-32(14-11-18)24(34)21-15-31-23-8-4-2-6-20(21)23/h1-9,12,15,18,31H,10-11,13-14,16H2. The van der Waals surface area contributed by atoms with E-state index in [9.17, 15) is 22.8 Å². The molecule has 0 radical (unpaired) electrons. The molecule has 1 aliphatic rings. The highest BCUT2D eigenvalue weighted by Crippen LogP contribution is 2.29. The summed E-state index contributed by atoms with van der Waals surface area (Å²) >= 11 is 0. The van der Waals surface area contributed by atoms with Crippen LogP contribution < -0.4 is 0 Å². The van der Waals surface area contributed by atoms with Crippen LogP contribution >= 0.6 is 0 Å². The fraction of sp³-hybridized carbons (Fsp3) is 0.269. The zero-order valence-electron chi connectivity index (χ0n) is 18.8. The molecule has 1 saturated heterocycles. The number of hydrogen-bond donors (Lipinski definition) is 1. The van der Waals surface area contributed by atoms with Crippen LogP contribution in [0.5, 0.6) is 0 Å². The van der Waals surface area contributed by atoms with Gasteiger partial charge in [-0.2, -0.15) is 13.2 Å². The third kappa shape index (κ3) is 4.45. The highest BCUT2D eigenvalue weighted by Gasteiger charge is 2.45. The maximum Gasteiger partial charge on any atom is 0.471 e. The second kappa shape index (κ2) is 9.05. The van der Waals surface area contributed by atoms with E-state index in [1.807, 2.05) is 24.3 Å². The number of benzene rings is 2. The number of nitrogens with zero attached hydrogens (tertiary/aromatic N) is 3. The monoisotopic (exact) mass is 480 g/mol. The van der Waals surface area contributed by atoms with Gasteiger partial charge in [-0.25, -0.2) is 0 Å². The molecule has 4 aromatic rings. The number of H-pyrrole nitrogens is 1. The first kappa shape index (κ1) is 22.9. The van der Waals surface area contributed by atoms with E-state index in [-0.39, 0.29) is 38.4 Å². The molecule has 2 aromatic heterocycles. The molecule has 35 heavy (non-hydrogen) atoms. The van der Waals surface area contributed by atoms with Gasteiger partial charge in [0.25, 0.3) is 5.91 Å². The first-order valence-electron chi connectivity index (χ1n) is 11.4. The molecule has 1 aliphatic heterocycles. The smallest absolute Gasteiger partial charge is 0.360 e. The lowest BCUT2D eigenvalue weighted by Crippen LogP contribution is -2.51. The minimum atomic E-state index is -4.99. The molecule has 2 amide bonds. The topological polar surface area (TPSA) is 69.3 Å². The van der Waals surface area contributed by atoms with Gasteiger partial charge >= 0.3 is 12.1 Å². The van der Waals surface area contributed by atoms with Crippen molar-refractivity contribution in [3.63, 3.8) is 0 Å². The average molecular weight is 480 g/mol. The predicted molar refractivity (Wildman–Crippen MR) is 126 cm³/mol. The van der Waals surface area contributed by atoms with E-state index in [2.05, 4.69) is 9.97 Å². The van der Waals surface area contributed by atoms with E-state index in [4.69, 9.17) is 0 Å². The number of hydrogen-bond acceptors (Lipinski definition) is 3. The number of aromatic amines is 1. The molecule has 0 aliphatic carbocycles. The number of likely N-dealkylation sites (tertiary alicyclic amines) is 1. The number of carbonyl (C=O) groups excluding carboxylic acids is 2. The molecular formula is C26H23F3N4O2. The Morgan fingerprint density at radius 2 is 1.69 bits per heavy atom. The van der Waals surface area contributed by atoms with Gasteiger partial charge in [0.1, 0.15) is 0 Å². The van der Waals surface area contributed by atoms with Gasteiger partial charge in [0, 0.05) is 54.4 Å². The largest absolute Gasteiger partial charge is 0.471 e. The molecule has 5 rings (SSSR count). The summed E-state index contributed by atoms with van der Waals surface area (Å²) in [6, 6.07) is 15.6. The molecule has 180 valence electrons. The van der Waals surface area contributed by atoms with Crippen molar-refractivity contribution in [3.8, 4) is 0 Å². The summed E-state index contributed by atoms with van der Waals surface area (Å²) in [5, 5.41) is 1.51. The van der Waals surface area contributed by atoms with Crippen LogP contribution in [0.4, 0.5) is 13.2 Å². The predicted octanol–water partition coefficient (Wildman–Crippen LogP) is 4.91. The van der Waals surface area contributed by atoms with Crippen LogP contribution in [0.3, 0.4) is 0 Å². The summed E-state index contributed by atoms with van der Waals surface area (Å²) in [4.78, 5) is 35.5. The fourth-order valence-corrected chi connectivity index (χ4v) is 4.81. The number of aromatic nitrogens is 2. The molecule has 0 saturated carbocycles. The SMILES string of the molecule is O=C(c1c[nH]c2ccccc12)N1CCC(N(Cc2ccnc3ccccc23)C(=O)C(F)(F)F)CC1. The van der Waals surface area contributed by atoms with Crippen molar-refractivity contribution in [2.24, 2.45) is 0 Å². The first-order valence-corrected chi connectivity index (χ1v) is 11.4. The second-order valence-electron chi connectivity index (χ2n) is 8.69. The van der Waals surface area contributed by atoms with Gasteiger partial charge in [0.15, 0.2) is 0 Å². The molecule has 3 heterocycles. The fourth-order valence-electron chi connectivity index (χ4n) is 4.81. The van der Waals surface area contributed by atoms with E-state index in [0.717, 1.165) is 15.8 Å². The number of halogens is 3. The summed E-state index contributed by atoms with van der Waals surface area (Å²) in [5.41, 5.74) is 2.64. The lowest BCUT2D eigenvalue weighted by molar-refractivity contribution is -0.189. The van der Waals surface area contributed by atoms with Gasteiger partial charge in [-0.3, -0.25) is 14.6 Å². The molecule has 0 unspecified atom stereocenters. The van der Waals surface area contributed by atoms with Gasteiger partial charge in [-0.05, 0) is 36.6 Å². The number of para-hydroxylation sites is 2. The van der Waals surface area contributed by atoms with Gasteiger partial charge in [0.05, 0.1) is 11.1 Å². The Kier molecular flexibility index (Phi) is 5.92. The van der Waals surface area contributed by atoms with Crippen molar-refractivity contribution in [3.05, 3.63) is 78.1 Å². The minimum absolute atomic E-state index is 0.172. The van der Waals surface area contributed by atoms with Crippen molar-refractivity contribution in [1.29, 1.82) is 0 Å². The maximum atomic E-state index is 13.5. The minimum Gasteiger partial charge on any atom is -0.360 e. The Balaban J connectivity index is 1.36. The lowest BCUT2D eigenvalue weighted by Gasteiger charge is -2.39. The first-order chi connectivity index (χ1) is 16.8. The van der Waals surface area contributed by atoms with Gasteiger partial charge in [-0.15, -0.1) is 0 Å². The van der Waals surface area contributed by atoms with Gasteiger partial charge in [0.2, 0.25) is 0 Å². The Morgan fingerprint density at radius 1 is 1.00 bits per heavy atom. The molecule has 1 fully saturated rings. The number of piperidine rings is 1. The van der Waals surface area contributed by atoms with Crippen LogP contribution in [0, 0.1) is 0 Å². The molecule has 0 spiro atoms. The highest BCUT2D eigenvalue weighted by molar-refractivity contribution is 6.06. The Morgan fingerprint density at radius 3 is 2.43 bits per heavy atom. The van der Waals surface area contributed by atoms with Crippen molar-refractivity contribution in [1.82, 2.24) is 19.8 Å². The Bertz CT molecular complexity index is 1380. The Labute approximate surface area is 199 Å². The van der Waals surface area contributed by atoms with Crippen molar-refractivity contribution >= 4 is 33.6 Å². The molecular weight excluding hydrogens is 457 g/mol. The number of rotatable bonds is 4. The molecule has 2 aromatic carbocycles. The molecule has 6 nitrogen and oxygen atoms in total. The molecule has 0 bridgehead atoms. The number of alkyl halides is 3. The van der Waals surface area contributed by atoms with E-state index < -0.39 is 18.1 Å². The van der Waals surface area contributed by atoms with Crippen molar-refractivity contribution < 1.29 is 22.8 Å². The van der Waals surface area contributed by atoms with Crippen molar-refractivity contribution in [2.45, 2.75) is 31.6 Å². The van der Waals surface area contributed by atoms with E-state index in [1.165, 1.54) is 6.20 Å². The van der Waals surface area contributed by atoms with Crippen LogP contribution in [0.2, 0.25) is 0 Å². The van der Waals surface area contributed by atoms with E-state index >= 15 is 0 Å². The maximum absolute atomic E-state index is 13.5. The second-order valence-corrected chi connectivity index (χ2v) is 8.69. The molecule has 1 N–H and O–H groups in total. The quantitative estimate of drug-likeness (QED) is 0.451. The summed E-state index contributed by atoms with van der Waals surface area (Å²) in [5.74, 6) is -2.03. The normalized spacial score (nSPS) is 15.0. The van der Waals surface area contributed by atoms with Gasteiger partial charge in [-0.1, -0.05) is 36.4 Å². The van der Waals surface area contributed by atoms with Crippen LogP contribution in [-0.2, 0) is 11.3 Å². The zero-order valence-corrected chi connectivity index (χ0v) is 18.8. The lowest BCUT2D eigenvalue weighted by atomic mass is 10.00.